The Hall–Kier alpha value is -3.48. The van der Waals surface area contributed by atoms with Crippen LogP contribution in [0.25, 0.3) is 11.0 Å². The Bertz CT molecular complexity index is 1090. The third-order valence-corrected chi connectivity index (χ3v) is 4.59. The van der Waals surface area contributed by atoms with E-state index in [2.05, 4.69) is 39.4 Å². The average Bonchev–Trinajstić information content (AvgIpc) is 3.36. The number of hydrogen-bond acceptors (Lipinski definition) is 5. The Morgan fingerprint density at radius 2 is 2.00 bits per heavy atom. The summed E-state index contributed by atoms with van der Waals surface area (Å²) in [4.78, 5) is 21.7. The number of benzene rings is 1. The molecule has 3 aromatic heterocycles. The van der Waals surface area contributed by atoms with E-state index in [9.17, 15) is 4.79 Å². The van der Waals surface area contributed by atoms with Crippen molar-refractivity contribution in [3.8, 4) is 0 Å². The van der Waals surface area contributed by atoms with E-state index >= 15 is 0 Å². The summed E-state index contributed by atoms with van der Waals surface area (Å²) >= 11 is 0. The number of aryl methyl sites for hydroxylation is 1. The van der Waals surface area contributed by atoms with Crippen LogP contribution >= 0.6 is 0 Å². The van der Waals surface area contributed by atoms with Gasteiger partial charge >= 0.3 is 0 Å². The molecule has 0 fully saturated rings. The van der Waals surface area contributed by atoms with E-state index < -0.39 is 0 Å². The Balaban J connectivity index is 1.63. The molecule has 0 atom stereocenters. The van der Waals surface area contributed by atoms with Crippen molar-refractivity contribution in [2.75, 3.05) is 5.32 Å². The lowest BCUT2D eigenvalue weighted by atomic mass is 10.2. The number of nitrogens with one attached hydrogen (secondary N) is 1. The van der Waals surface area contributed by atoms with Gasteiger partial charge in [-0.25, -0.2) is 9.97 Å². The molecule has 4 aromatic rings. The maximum Gasteiger partial charge on any atom is 0.233 e. The summed E-state index contributed by atoms with van der Waals surface area (Å²) < 4.78 is 7.10. The van der Waals surface area contributed by atoms with Gasteiger partial charge in [-0.1, -0.05) is 43.7 Å². The highest BCUT2D eigenvalue weighted by Crippen LogP contribution is 2.21. The molecule has 1 amide bonds. The normalized spacial score (nSPS) is 11.1. The molecule has 0 aliphatic heterocycles. The summed E-state index contributed by atoms with van der Waals surface area (Å²) in [6.07, 6.45) is 6.37. The number of carbonyl (C=O) groups is 1. The second-order valence-electron chi connectivity index (χ2n) is 6.95. The van der Waals surface area contributed by atoms with Gasteiger partial charge in [0, 0.05) is 12.6 Å². The minimum atomic E-state index is -0.183. The first-order chi connectivity index (χ1) is 14.2. The molecular formula is C22H23N5O2. The third kappa shape index (κ3) is 4.68. The first kappa shape index (κ1) is 18.9. The molecule has 3 heterocycles. The number of anilines is 1. The third-order valence-electron chi connectivity index (χ3n) is 4.59. The average molecular weight is 389 g/mol. The molecule has 1 aromatic carbocycles. The minimum Gasteiger partial charge on any atom is -0.469 e. The zero-order valence-corrected chi connectivity index (χ0v) is 16.3. The SMILES string of the molecule is CCCCc1nc(NC(=O)Cc2ccco2)c2cn(Cc3ccccc3)nc2n1. The van der Waals surface area contributed by atoms with Gasteiger partial charge in [0.15, 0.2) is 5.65 Å². The van der Waals surface area contributed by atoms with Gasteiger partial charge in [-0.05, 0) is 24.1 Å². The highest BCUT2D eigenvalue weighted by Gasteiger charge is 2.15. The van der Waals surface area contributed by atoms with Crippen molar-refractivity contribution in [1.82, 2.24) is 19.7 Å². The fraction of sp³-hybridized carbons (Fsp3) is 0.273. The van der Waals surface area contributed by atoms with E-state index in [0.717, 1.165) is 30.2 Å². The largest absolute Gasteiger partial charge is 0.469 e. The predicted molar refractivity (Wildman–Crippen MR) is 111 cm³/mol. The Kier molecular flexibility index (Phi) is 5.65. The van der Waals surface area contributed by atoms with Crippen LogP contribution in [-0.2, 0) is 24.2 Å². The first-order valence-electron chi connectivity index (χ1n) is 9.81. The van der Waals surface area contributed by atoms with Crippen molar-refractivity contribution in [3.05, 3.63) is 72.1 Å². The van der Waals surface area contributed by atoms with Crippen LogP contribution in [0, 0.1) is 0 Å². The quantitative estimate of drug-likeness (QED) is 0.492. The van der Waals surface area contributed by atoms with Gasteiger partial charge in [0.2, 0.25) is 5.91 Å². The second kappa shape index (κ2) is 8.68. The number of nitrogens with zero attached hydrogens (tertiary/aromatic N) is 4. The maximum absolute atomic E-state index is 12.5. The number of furan rings is 1. The van der Waals surface area contributed by atoms with Gasteiger partial charge in [-0.3, -0.25) is 9.48 Å². The van der Waals surface area contributed by atoms with Crippen molar-refractivity contribution < 1.29 is 9.21 Å². The van der Waals surface area contributed by atoms with Crippen LogP contribution in [0.4, 0.5) is 5.82 Å². The molecule has 148 valence electrons. The molecule has 29 heavy (non-hydrogen) atoms. The van der Waals surface area contributed by atoms with Crippen LogP contribution in [0.15, 0.2) is 59.3 Å². The van der Waals surface area contributed by atoms with Gasteiger partial charge in [-0.2, -0.15) is 5.10 Å². The van der Waals surface area contributed by atoms with Crippen molar-refractivity contribution in [2.45, 2.75) is 39.2 Å². The molecule has 0 unspecified atom stereocenters. The van der Waals surface area contributed by atoms with Crippen LogP contribution < -0.4 is 5.32 Å². The topological polar surface area (TPSA) is 85.8 Å². The number of fused-ring (bicyclic) bond motifs is 1. The highest BCUT2D eigenvalue weighted by atomic mass is 16.3. The van der Waals surface area contributed by atoms with Gasteiger partial charge < -0.3 is 9.73 Å². The van der Waals surface area contributed by atoms with Crippen molar-refractivity contribution in [3.63, 3.8) is 0 Å². The molecule has 0 aliphatic carbocycles. The predicted octanol–water partition coefficient (Wildman–Crippen LogP) is 3.99. The van der Waals surface area contributed by atoms with E-state index in [1.54, 1.807) is 18.4 Å². The Labute approximate surface area is 168 Å². The molecule has 0 radical (unpaired) electrons. The molecular weight excluding hydrogens is 366 g/mol. The molecule has 0 spiro atoms. The number of amides is 1. The fourth-order valence-corrected chi connectivity index (χ4v) is 3.14. The summed E-state index contributed by atoms with van der Waals surface area (Å²) in [5, 5.41) is 8.26. The number of aromatic nitrogens is 4. The number of rotatable bonds is 8. The van der Waals surface area contributed by atoms with Gasteiger partial charge in [0.25, 0.3) is 0 Å². The zero-order valence-electron chi connectivity index (χ0n) is 16.3. The Morgan fingerprint density at radius 1 is 1.14 bits per heavy atom. The Morgan fingerprint density at radius 3 is 2.76 bits per heavy atom. The van der Waals surface area contributed by atoms with Gasteiger partial charge in [-0.15, -0.1) is 0 Å². The maximum atomic E-state index is 12.5. The molecule has 0 bridgehead atoms. The van der Waals surface area contributed by atoms with Crippen LogP contribution in [0.2, 0.25) is 0 Å². The monoisotopic (exact) mass is 389 g/mol. The van der Waals surface area contributed by atoms with E-state index in [0.29, 0.717) is 29.6 Å². The lowest BCUT2D eigenvalue weighted by Crippen LogP contribution is -2.16. The van der Waals surface area contributed by atoms with Crippen molar-refractivity contribution in [1.29, 1.82) is 0 Å². The van der Waals surface area contributed by atoms with Crippen LogP contribution in [0.5, 0.6) is 0 Å². The smallest absolute Gasteiger partial charge is 0.233 e. The molecule has 7 nitrogen and oxygen atoms in total. The molecule has 0 aliphatic rings. The zero-order chi connectivity index (χ0) is 20.1. The van der Waals surface area contributed by atoms with E-state index in [-0.39, 0.29) is 12.3 Å². The summed E-state index contributed by atoms with van der Waals surface area (Å²) in [5.41, 5.74) is 1.73. The van der Waals surface area contributed by atoms with E-state index in [1.165, 1.54) is 0 Å². The molecule has 4 rings (SSSR count). The lowest BCUT2D eigenvalue weighted by Gasteiger charge is -2.06. The van der Waals surface area contributed by atoms with Gasteiger partial charge in [0.05, 0.1) is 24.6 Å². The van der Waals surface area contributed by atoms with Crippen LogP contribution in [0.1, 0.15) is 36.9 Å². The summed E-state index contributed by atoms with van der Waals surface area (Å²) in [7, 11) is 0. The minimum absolute atomic E-state index is 0.154. The molecule has 1 N–H and O–H groups in total. The van der Waals surface area contributed by atoms with E-state index in [4.69, 9.17) is 4.42 Å². The first-order valence-corrected chi connectivity index (χ1v) is 9.81. The van der Waals surface area contributed by atoms with E-state index in [1.807, 2.05) is 29.1 Å². The number of carbonyl (C=O) groups excluding carboxylic acids is 1. The van der Waals surface area contributed by atoms with Gasteiger partial charge in [0.1, 0.15) is 17.4 Å². The summed E-state index contributed by atoms with van der Waals surface area (Å²) in [6.45, 7) is 2.75. The lowest BCUT2D eigenvalue weighted by molar-refractivity contribution is -0.115. The van der Waals surface area contributed by atoms with Crippen molar-refractivity contribution >= 4 is 22.8 Å². The summed E-state index contributed by atoms with van der Waals surface area (Å²) in [5.74, 6) is 1.62. The number of unbranched alkanes of at least 4 members (excludes halogenated alkanes) is 1. The van der Waals surface area contributed by atoms with Crippen LogP contribution in [-0.4, -0.2) is 25.7 Å². The second-order valence-corrected chi connectivity index (χ2v) is 6.95. The molecule has 0 saturated carbocycles. The van der Waals surface area contributed by atoms with Crippen molar-refractivity contribution in [2.24, 2.45) is 0 Å². The van der Waals surface area contributed by atoms with Crippen LogP contribution in [0.3, 0.4) is 0 Å². The number of hydrogen-bond donors (Lipinski definition) is 1. The molecule has 0 saturated heterocycles. The standard InChI is InChI=1S/C22H23N5O2/c1-2-3-11-19-23-21(25-20(28)13-17-10-7-12-29-17)18-15-27(26-22(18)24-19)14-16-8-5-4-6-9-16/h4-10,12,15H,2-3,11,13-14H2,1H3,(H,23,24,25,26,28). The summed E-state index contributed by atoms with van der Waals surface area (Å²) in [6, 6.07) is 13.6. The molecule has 7 heteroatoms. The fourth-order valence-electron chi connectivity index (χ4n) is 3.14. The highest BCUT2D eigenvalue weighted by molar-refractivity contribution is 5.98.